The lowest BCUT2D eigenvalue weighted by Crippen LogP contribution is -2.31. The molecule has 0 saturated heterocycles. The average molecular weight is 382 g/mol. The minimum absolute atomic E-state index is 0.00690. The number of hydrogen-bond donors (Lipinski definition) is 2. The fraction of sp³-hybridized carbons (Fsp3) is 0.0952. The molecule has 1 heterocycles. The third-order valence-electron chi connectivity index (χ3n) is 4.07. The third kappa shape index (κ3) is 4.56. The molecule has 3 rings (SSSR count). The molecule has 0 bridgehead atoms. The number of carboxylic acid groups (broad SMARTS) is 1. The number of aromatic nitrogens is 1. The standard InChI is InChI=1S/C21H16F2N2O3/c22-14-6-3-5-13(11-14)19(12-20(26)27)25-21(28)18-10-4-9-17(24-18)15-7-1-2-8-16(15)23/h1-11,19H,12H2,(H,25,28)(H,26,27)/t19-/m0/s1. The first-order valence-corrected chi connectivity index (χ1v) is 8.44. The molecular weight excluding hydrogens is 366 g/mol. The minimum atomic E-state index is -1.15. The molecule has 0 fully saturated rings. The Morgan fingerprint density at radius 2 is 1.75 bits per heavy atom. The summed E-state index contributed by atoms with van der Waals surface area (Å²) in [6, 6.07) is 15.0. The van der Waals surface area contributed by atoms with Gasteiger partial charge in [0, 0.05) is 5.56 Å². The number of hydrogen-bond acceptors (Lipinski definition) is 3. The van der Waals surface area contributed by atoms with Crippen LogP contribution < -0.4 is 5.32 Å². The summed E-state index contributed by atoms with van der Waals surface area (Å²) in [5.41, 5.74) is 0.823. The van der Waals surface area contributed by atoms with E-state index in [1.54, 1.807) is 30.3 Å². The second kappa shape index (κ2) is 8.39. The van der Waals surface area contributed by atoms with Crippen molar-refractivity contribution in [2.45, 2.75) is 12.5 Å². The molecule has 2 aromatic carbocycles. The van der Waals surface area contributed by atoms with E-state index in [1.807, 2.05) is 0 Å². The highest BCUT2D eigenvalue weighted by molar-refractivity contribution is 5.93. The van der Waals surface area contributed by atoms with Gasteiger partial charge in [-0.3, -0.25) is 9.59 Å². The van der Waals surface area contributed by atoms with Gasteiger partial charge in [-0.05, 0) is 42.0 Å². The van der Waals surface area contributed by atoms with Crippen LogP contribution in [0.15, 0.2) is 66.7 Å². The highest BCUT2D eigenvalue weighted by Gasteiger charge is 2.20. The Hall–Kier alpha value is -3.61. The van der Waals surface area contributed by atoms with Crippen molar-refractivity contribution in [1.29, 1.82) is 0 Å². The molecule has 28 heavy (non-hydrogen) atoms. The first kappa shape index (κ1) is 19.2. The van der Waals surface area contributed by atoms with Gasteiger partial charge in [0.25, 0.3) is 5.91 Å². The van der Waals surface area contributed by atoms with Crippen LogP contribution in [0, 0.1) is 11.6 Å². The van der Waals surface area contributed by atoms with Gasteiger partial charge in [0.2, 0.25) is 0 Å². The maximum Gasteiger partial charge on any atom is 0.305 e. The van der Waals surface area contributed by atoms with Crippen molar-refractivity contribution in [2.75, 3.05) is 0 Å². The number of halogens is 2. The lowest BCUT2D eigenvalue weighted by Gasteiger charge is -2.17. The molecule has 0 spiro atoms. The minimum Gasteiger partial charge on any atom is -0.481 e. The van der Waals surface area contributed by atoms with Gasteiger partial charge in [-0.15, -0.1) is 0 Å². The molecule has 1 atom stereocenters. The molecule has 1 amide bonds. The van der Waals surface area contributed by atoms with E-state index in [1.165, 1.54) is 30.3 Å². The molecule has 3 aromatic rings. The van der Waals surface area contributed by atoms with Crippen LogP contribution in [0.25, 0.3) is 11.3 Å². The van der Waals surface area contributed by atoms with Crippen LogP contribution in [0.1, 0.15) is 28.5 Å². The van der Waals surface area contributed by atoms with E-state index < -0.39 is 36.0 Å². The molecule has 0 aliphatic heterocycles. The maximum absolute atomic E-state index is 14.0. The van der Waals surface area contributed by atoms with Crippen LogP contribution in [0.3, 0.4) is 0 Å². The molecule has 1 aromatic heterocycles. The SMILES string of the molecule is O=C(O)C[C@H](NC(=O)c1cccc(-c2ccccc2F)n1)c1cccc(F)c1. The van der Waals surface area contributed by atoms with E-state index in [2.05, 4.69) is 10.3 Å². The number of carboxylic acids is 1. The number of pyridine rings is 1. The van der Waals surface area contributed by atoms with Gasteiger partial charge in [0.05, 0.1) is 18.2 Å². The molecule has 0 saturated carbocycles. The molecule has 0 aliphatic rings. The fourth-order valence-electron chi connectivity index (χ4n) is 2.76. The van der Waals surface area contributed by atoms with Gasteiger partial charge >= 0.3 is 5.97 Å². The van der Waals surface area contributed by atoms with Gasteiger partial charge in [-0.2, -0.15) is 0 Å². The number of carbonyl (C=O) groups is 2. The van der Waals surface area contributed by atoms with Crippen LogP contribution in [0.2, 0.25) is 0 Å². The summed E-state index contributed by atoms with van der Waals surface area (Å²) in [6.07, 6.45) is -0.428. The monoisotopic (exact) mass is 382 g/mol. The lowest BCUT2D eigenvalue weighted by atomic mass is 10.0. The van der Waals surface area contributed by atoms with Crippen molar-refractivity contribution >= 4 is 11.9 Å². The highest BCUT2D eigenvalue weighted by atomic mass is 19.1. The average Bonchev–Trinajstić information content (AvgIpc) is 2.67. The Morgan fingerprint density at radius 1 is 1.00 bits per heavy atom. The normalized spacial score (nSPS) is 11.6. The number of amides is 1. The maximum atomic E-state index is 14.0. The Balaban J connectivity index is 1.87. The number of rotatable bonds is 6. The van der Waals surface area contributed by atoms with Gasteiger partial charge in [-0.25, -0.2) is 13.8 Å². The van der Waals surface area contributed by atoms with Crippen LogP contribution >= 0.6 is 0 Å². The number of aliphatic carboxylic acids is 1. The quantitative estimate of drug-likeness (QED) is 0.676. The van der Waals surface area contributed by atoms with Gasteiger partial charge in [0.15, 0.2) is 0 Å². The summed E-state index contributed by atoms with van der Waals surface area (Å²) in [5, 5.41) is 11.7. The first-order chi connectivity index (χ1) is 13.4. The molecule has 5 nitrogen and oxygen atoms in total. The topological polar surface area (TPSA) is 79.3 Å². The van der Waals surface area contributed by atoms with E-state index in [4.69, 9.17) is 5.11 Å². The summed E-state index contributed by atoms with van der Waals surface area (Å²) in [7, 11) is 0. The number of benzene rings is 2. The Kier molecular flexibility index (Phi) is 5.74. The van der Waals surface area contributed by atoms with E-state index in [-0.39, 0.29) is 17.0 Å². The molecule has 7 heteroatoms. The zero-order chi connectivity index (χ0) is 20.1. The van der Waals surface area contributed by atoms with Crippen LogP contribution in [0.4, 0.5) is 8.78 Å². The van der Waals surface area contributed by atoms with Gasteiger partial charge < -0.3 is 10.4 Å². The number of nitrogens with one attached hydrogen (secondary N) is 1. The van der Waals surface area contributed by atoms with E-state index in [9.17, 15) is 18.4 Å². The van der Waals surface area contributed by atoms with E-state index in [0.29, 0.717) is 5.56 Å². The number of nitrogens with zero attached hydrogens (tertiary/aromatic N) is 1. The Labute approximate surface area is 159 Å². The Bertz CT molecular complexity index is 1020. The van der Waals surface area contributed by atoms with E-state index >= 15 is 0 Å². The fourth-order valence-corrected chi connectivity index (χ4v) is 2.76. The van der Waals surface area contributed by atoms with Crippen molar-refractivity contribution in [3.63, 3.8) is 0 Å². The highest BCUT2D eigenvalue weighted by Crippen LogP contribution is 2.22. The van der Waals surface area contributed by atoms with Crippen molar-refractivity contribution in [3.8, 4) is 11.3 Å². The second-order valence-corrected chi connectivity index (χ2v) is 6.07. The van der Waals surface area contributed by atoms with Crippen molar-refractivity contribution in [1.82, 2.24) is 10.3 Å². The summed E-state index contributed by atoms with van der Waals surface area (Å²) in [6.45, 7) is 0. The summed E-state index contributed by atoms with van der Waals surface area (Å²) in [5.74, 6) is -2.81. The van der Waals surface area contributed by atoms with Gasteiger partial charge in [-0.1, -0.05) is 30.3 Å². The molecule has 2 N–H and O–H groups in total. The second-order valence-electron chi connectivity index (χ2n) is 6.07. The zero-order valence-corrected chi connectivity index (χ0v) is 14.6. The van der Waals surface area contributed by atoms with Crippen molar-refractivity contribution < 1.29 is 23.5 Å². The third-order valence-corrected chi connectivity index (χ3v) is 4.07. The number of carbonyl (C=O) groups excluding carboxylic acids is 1. The van der Waals surface area contributed by atoms with Crippen molar-refractivity contribution in [3.05, 3.63) is 89.6 Å². The summed E-state index contributed by atoms with van der Waals surface area (Å²) >= 11 is 0. The van der Waals surface area contributed by atoms with Gasteiger partial charge in [0.1, 0.15) is 17.3 Å². The summed E-state index contributed by atoms with van der Waals surface area (Å²) in [4.78, 5) is 27.9. The largest absolute Gasteiger partial charge is 0.481 e. The van der Waals surface area contributed by atoms with Crippen LogP contribution in [-0.4, -0.2) is 22.0 Å². The Morgan fingerprint density at radius 3 is 2.46 bits per heavy atom. The van der Waals surface area contributed by atoms with Crippen molar-refractivity contribution in [2.24, 2.45) is 0 Å². The molecule has 142 valence electrons. The van der Waals surface area contributed by atoms with Crippen LogP contribution in [-0.2, 0) is 4.79 Å². The predicted octanol–water partition coefficient (Wildman–Crippen LogP) is 3.97. The smallest absolute Gasteiger partial charge is 0.305 e. The zero-order valence-electron chi connectivity index (χ0n) is 14.6. The molecule has 0 unspecified atom stereocenters. The predicted molar refractivity (Wildman–Crippen MR) is 98.5 cm³/mol. The lowest BCUT2D eigenvalue weighted by molar-refractivity contribution is -0.137. The van der Waals surface area contributed by atoms with E-state index in [0.717, 1.165) is 6.07 Å². The molecule has 0 radical (unpaired) electrons. The molecular formula is C21H16F2N2O3. The first-order valence-electron chi connectivity index (χ1n) is 8.44. The molecule has 0 aliphatic carbocycles. The van der Waals surface area contributed by atoms with Crippen LogP contribution in [0.5, 0.6) is 0 Å². The summed E-state index contributed by atoms with van der Waals surface area (Å²) < 4.78 is 27.5.